The van der Waals surface area contributed by atoms with Crippen LogP contribution in [0.1, 0.15) is 19.3 Å². The van der Waals surface area contributed by atoms with Gasteiger partial charge in [0.1, 0.15) is 6.61 Å². The molecule has 1 N–H and O–H groups in total. The number of nitrogens with one attached hydrogen (secondary N) is 1. The summed E-state index contributed by atoms with van der Waals surface area (Å²) in [7, 11) is 0. The monoisotopic (exact) mass is 180 g/mol. The third kappa shape index (κ3) is 1.46. The fourth-order valence-electron chi connectivity index (χ4n) is 2.22. The van der Waals surface area contributed by atoms with Crippen molar-refractivity contribution in [3.05, 3.63) is 0 Å². The second kappa shape index (κ2) is 2.98. The first-order valence-corrected chi connectivity index (χ1v) is 5.34. The van der Waals surface area contributed by atoms with Crippen LogP contribution in [-0.4, -0.2) is 31.6 Å². The van der Waals surface area contributed by atoms with Crippen molar-refractivity contribution in [2.45, 2.75) is 25.3 Å². The SMILES string of the molecule is C1CC(C2=NC(C3CC3)CO2)CN1. The Kier molecular flexibility index (Phi) is 1.79. The van der Waals surface area contributed by atoms with Gasteiger partial charge in [-0.25, -0.2) is 4.99 Å². The van der Waals surface area contributed by atoms with E-state index in [1.807, 2.05) is 0 Å². The molecule has 1 aliphatic carbocycles. The van der Waals surface area contributed by atoms with Gasteiger partial charge >= 0.3 is 0 Å². The minimum absolute atomic E-state index is 0.510. The highest BCUT2D eigenvalue weighted by Crippen LogP contribution is 2.36. The Morgan fingerprint density at radius 1 is 1.31 bits per heavy atom. The summed E-state index contributed by atoms with van der Waals surface area (Å²) in [5, 5.41) is 3.35. The number of hydrogen-bond acceptors (Lipinski definition) is 3. The van der Waals surface area contributed by atoms with E-state index in [-0.39, 0.29) is 0 Å². The molecule has 0 radical (unpaired) electrons. The highest BCUT2D eigenvalue weighted by Gasteiger charge is 2.37. The molecule has 3 nitrogen and oxygen atoms in total. The molecule has 0 aromatic rings. The number of aliphatic imine (C=N–C) groups is 1. The summed E-state index contributed by atoms with van der Waals surface area (Å²) in [5.41, 5.74) is 0. The maximum absolute atomic E-state index is 5.66. The van der Waals surface area contributed by atoms with Crippen molar-refractivity contribution in [1.29, 1.82) is 0 Å². The molecule has 3 aliphatic rings. The Bertz CT molecular complexity index is 229. The van der Waals surface area contributed by atoms with Crippen LogP contribution in [0.2, 0.25) is 0 Å². The van der Waals surface area contributed by atoms with Crippen LogP contribution < -0.4 is 5.32 Å². The van der Waals surface area contributed by atoms with E-state index >= 15 is 0 Å². The Hall–Kier alpha value is -0.570. The van der Waals surface area contributed by atoms with E-state index in [1.54, 1.807) is 0 Å². The van der Waals surface area contributed by atoms with Crippen molar-refractivity contribution >= 4 is 5.90 Å². The van der Waals surface area contributed by atoms with Gasteiger partial charge in [-0.1, -0.05) is 0 Å². The summed E-state index contributed by atoms with van der Waals surface area (Å²) in [4.78, 5) is 4.69. The molecule has 2 aliphatic heterocycles. The van der Waals surface area contributed by atoms with Crippen LogP contribution in [0.5, 0.6) is 0 Å². The molecule has 3 heteroatoms. The van der Waals surface area contributed by atoms with Crippen LogP contribution in [0.25, 0.3) is 0 Å². The molecule has 2 unspecified atom stereocenters. The van der Waals surface area contributed by atoms with Crippen molar-refractivity contribution in [2.75, 3.05) is 19.7 Å². The van der Waals surface area contributed by atoms with Gasteiger partial charge in [-0.3, -0.25) is 0 Å². The average molecular weight is 180 g/mol. The van der Waals surface area contributed by atoms with Crippen molar-refractivity contribution < 1.29 is 4.74 Å². The Morgan fingerprint density at radius 3 is 2.92 bits per heavy atom. The van der Waals surface area contributed by atoms with Gasteiger partial charge in [0, 0.05) is 12.5 Å². The van der Waals surface area contributed by atoms with E-state index in [2.05, 4.69) is 10.3 Å². The summed E-state index contributed by atoms with van der Waals surface area (Å²) in [5.74, 6) is 2.47. The highest BCUT2D eigenvalue weighted by atomic mass is 16.5. The lowest BCUT2D eigenvalue weighted by Crippen LogP contribution is -2.17. The molecule has 2 heterocycles. The number of rotatable bonds is 2. The summed E-state index contributed by atoms with van der Waals surface area (Å²) >= 11 is 0. The molecule has 1 saturated heterocycles. The first-order valence-electron chi connectivity index (χ1n) is 5.34. The minimum Gasteiger partial charge on any atom is -0.478 e. The zero-order valence-corrected chi connectivity index (χ0v) is 7.83. The van der Waals surface area contributed by atoms with Gasteiger partial charge in [0.25, 0.3) is 0 Å². The van der Waals surface area contributed by atoms with Crippen LogP contribution >= 0.6 is 0 Å². The van der Waals surface area contributed by atoms with Crippen molar-refractivity contribution in [3.8, 4) is 0 Å². The highest BCUT2D eigenvalue weighted by molar-refractivity contribution is 5.80. The van der Waals surface area contributed by atoms with E-state index in [4.69, 9.17) is 4.74 Å². The molecular weight excluding hydrogens is 164 g/mol. The quantitative estimate of drug-likeness (QED) is 0.682. The predicted molar refractivity (Wildman–Crippen MR) is 50.9 cm³/mol. The first-order chi connectivity index (χ1) is 6.43. The topological polar surface area (TPSA) is 33.6 Å². The van der Waals surface area contributed by atoms with Crippen LogP contribution in [0, 0.1) is 11.8 Å². The van der Waals surface area contributed by atoms with Gasteiger partial charge in [-0.05, 0) is 31.7 Å². The first kappa shape index (κ1) is 7.80. The standard InChI is InChI=1S/C10H16N2O/c1-2-7(1)9-6-13-10(12-9)8-3-4-11-5-8/h7-9,11H,1-6H2. The van der Waals surface area contributed by atoms with Crippen molar-refractivity contribution in [3.63, 3.8) is 0 Å². The third-order valence-corrected chi connectivity index (χ3v) is 3.27. The molecule has 2 atom stereocenters. The van der Waals surface area contributed by atoms with E-state index in [9.17, 15) is 0 Å². The number of ether oxygens (including phenoxy) is 1. The zero-order chi connectivity index (χ0) is 8.67. The van der Waals surface area contributed by atoms with Crippen molar-refractivity contribution in [2.24, 2.45) is 16.8 Å². The van der Waals surface area contributed by atoms with E-state index < -0.39 is 0 Å². The Morgan fingerprint density at radius 2 is 2.23 bits per heavy atom. The van der Waals surface area contributed by atoms with Crippen LogP contribution in [0.4, 0.5) is 0 Å². The molecule has 0 aromatic heterocycles. The maximum atomic E-state index is 5.66. The molecular formula is C10H16N2O. The van der Waals surface area contributed by atoms with Crippen LogP contribution in [-0.2, 0) is 4.74 Å². The van der Waals surface area contributed by atoms with Crippen molar-refractivity contribution in [1.82, 2.24) is 5.32 Å². The lowest BCUT2D eigenvalue weighted by Gasteiger charge is -2.06. The number of hydrogen-bond donors (Lipinski definition) is 1. The molecule has 0 amide bonds. The molecule has 0 spiro atoms. The maximum Gasteiger partial charge on any atom is 0.188 e. The Balaban J connectivity index is 1.66. The number of nitrogens with zero attached hydrogens (tertiary/aromatic N) is 1. The van der Waals surface area contributed by atoms with E-state index in [0.29, 0.717) is 12.0 Å². The lowest BCUT2D eigenvalue weighted by atomic mass is 10.1. The largest absolute Gasteiger partial charge is 0.478 e. The molecule has 1 saturated carbocycles. The third-order valence-electron chi connectivity index (χ3n) is 3.27. The van der Waals surface area contributed by atoms with Gasteiger partial charge in [0.2, 0.25) is 0 Å². The zero-order valence-electron chi connectivity index (χ0n) is 7.83. The van der Waals surface area contributed by atoms with E-state index in [1.165, 1.54) is 19.3 Å². The van der Waals surface area contributed by atoms with Crippen LogP contribution in [0.3, 0.4) is 0 Å². The average Bonchev–Trinajstić information content (AvgIpc) is 2.72. The molecule has 3 rings (SSSR count). The van der Waals surface area contributed by atoms with Gasteiger partial charge in [-0.2, -0.15) is 0 Å². The predicted octanol–water partition coefficient (Wildman–Crippen LogP) is 0.803. The van der Waals surface area contributed by atoms with Gasteiger partial charge in [-0.15, -0.1) is 0 Å². The Labute approximate surface area is 78.6 Å². The summed E-state index contributed by atoms with van der Waals surface area (Å²) in [6.07, 6.45) is 3.94. The summed E-state index contributed by atoms with van der Waals surface area (Å²) in [6, 6.07) is 0.510. The van der Waals surface area contributed by atoms with Gasteiger partial charge in [0.15, 0.2) is 5.90 Å². The van der Waals surface area contributed by atoms with Gasteiger partial charge < -0.3 is 10.1 Å². The molecule has 72 valence electrons. The fourth-order valence-corrected chi connectivity index (χ4v) is 2.22. The second-order valence-corrected chi connectivity index (χ2v) is 4.37. The second-order valence-electron chi connectivity index (χ2n) is 4.37. The minimum atomic E-state index is 0.510. The molecule has 2 fully saturated rings. The smallest absolute Gasteiger partial charge is 0.188 e. The van der Waals surface area contributed by atoms with Gasteiger partial charge in [0.05, 0.1) is 6.04 Å². The molecule has 0 bridgehead atoms. The summed E-state index contributed by atoms with van der Waals surface area (Å²) < 4.78 is 5.66. The van der Waals surface area contributed by atoms with Crippen LogP contribution in [0.15, 0.2) is 4.99 Å². The molecule has 0 aromatic carbocycles. The normalized spacial score (nSPS) is 38.9. The molecule has 13 heavy (non-hydrogen) atoms. The fraction of sp³-hybridized carbons (Fsp3) is 0.900. The lowest BCUT2D eigenvalue weighted by molar-refractivity contribution is 0.290. The van der Waals surface area contributed by atoms with E-state index in [0.717, 1.165) is 31.5 Å². The summed E-state index contributed by atoms with van der Waals surface area (Å²) in [6.45, 7) is 3.05.